The molecule has 160 valence electrons. The first-order valence-electron chi connectivity index (χ1n) is 9.91. The molecule has 0 saturated heterocycles. The number of ether oxygens (including phenoxy) is 2. The van der Waals surface area contributed by atoms with Crippen LogP contribution in [0.2, 0.25) is 0 Å². The van der Waals surface area contributed by atoms with Gasteiger partial charge in [0.15, 0.2) is 0 Å². The van der Waals surface area contributed by atoms with Crippen molar-refractivity contribution in [1.29, 1.82) is 0 Å². The molecule has 0 aliphatic rings. The topological polar surface area (TPSA) is 91.4 Å². The molecule has 3 N–H and O–H groups in total. The lowest BCUT2D eigenvalue weighted by Crippen LogP contribution is -2.25. The van der Waals surface area contributed by atoms with E-state index in [4.69, 9.17) is 20.2 Å². The summed E-state index contributed by atoms with van der Waals surface area (Å²) >= 11 is 1.74. The number of hydrogen-bond donors (Lipinski definition) is 2. The minimum Gasteiger partial charge on any atom is -0.445 e. The van der Waals surface area contributed by atoms with Gasteiger partial charge in [-0.05, 0) is 36.4 Å². The Morgan fingerprint density at radius 1 is 1.20 bits per heavy atom. The molecule has 3 aromatic rings. The molecule has 1 amide bonds. The first kappa shape index (κ1) is 22.1. The van der Waals surface area contributed by atoms with Gasteiger partial charge in [-0.3, -0.25) is 0 Å². The smallest absolute Gasteiger partial charge is 0.407 e. The van der Waals surface area contributed by atoms with E-state index in [1.807, 2.05) is 53.3 Å². The van der Waals surface area contributed by atoms with Crippen LogP contribution in [0.4, 0.5) is 4.79 Å². The fraction of sp³-hybridized carbons (Fsp3) is 0.364. The van der Waals surface area contributed by atoms with Gasteiger partial charge >= 0.3 is 6.09 Å². The van der Waals surface area contributed by atoms with Gasteiger partial charge in [0.1, 0.15) is 19.2 Å². The number of imidazole rings is 1. The summed E-state index contributed by atoms with van der Waals surface area (Å²) in [6.45, 7) is 2.04. The summed E-state index contributed by atoms with van der Waals surface area (Å²) in [5.74, 6) is 1.64. The van der Waals surface area contributed by atoms with Gasteiger partial charge < -0.3 is 25.1 Å². The molecule has 0 aliphatic carbocycles. The van der Waals surface area contributed by atoms with E-state index in [2.05, 4.69) is 11.4 Å². The minimum atomic E-state index is -0.483. The van der Waals surface area contributed by atoms with Crippen LogP contribution in [0.5, 0.6) is 0 Å². The molecule has 0 fully saturated rings. The fourth-order valence-electron chi connectivity index (χ4n) is 3.16. The third kappa shape index (κ3) is 5.98. The van der Waals surface area contributed by atoms with Crippen molar-refractivity contribution < 1.29 is 14.3 Å². The molecule has 0 aliphatic heterocycles. The Morgan fingerprint density at radius 2 is 2.03 bits per heavy atom. The number of para-hydroxylation sites is 1. The highest BCUT2D eigenvalue weighted by molar-refractivity contribution is 7.98. The van der Waals surface area contributed by atoms with Crippen molar-refractivity contribution in [3.8, 4) is 0 Å². The first-order valence-corrected chi connectivity index (χ1v) is 11.3. The normalized spacial score (nSPS) is 11.0. The molecule has 3 rings (SSSR count). The second kappa shape index (κ2) is 11.6. The average Bonchev–Trinajstić information content (AvgIpc) is 3.13. The molecule has 7 nitrogen and oxygen atoms in total. The lowest BCUT2D eigenvalue weighted by molar-refractivity contribution is 0.0899. The van der Waals surface area contributed by atoms with E-state index >= 15 is 0 Å². The molecule has 0 atom stereocenters. The van der Waals surface area contributed by atoms with E-state index in [-0.39, 0.29) is 13.2 Å². The van der Waals surface area contributed by atoms with E-state index in [1.54, 1.807) is 11.8 Å². The Kier molecular flexibility index (Phi) is 8.55. The molecule has 0 bridgehead atoms. The Bertz CT molecular complexity index is 946. The van der Waals surface area contributed by atoms with Crippen molar-refractivity contribution in [2.45, 2.75) is 26.3 Å². The summed E-state index contributed by atoms with van der Waals surface area (Å²) in [6.07, 6.45) is 2.31. The zero-order valence-corrected chi connectivity index (χ0v) is 18.0. The van der Waals surface area contributed by atoms with Crippen molar-refractivity contribution in [3.05, 3.63) is 65.5 Å². The number of carbonyl (C=O) groups is 1. The highest BCUT2D eigenvalue weighted by Crippen LogP contribution is 2.21. The number of alkyl carbamates (subject to hydrolysis) is 1. The number of rotatable bonds is 11. The zero-order chi connectivity index (χ0) is 21.2. The maximum Gasteiger partial charge on any atom is 0.407 e. The lowest BCUT2D eigenvalue weighted by Gasteiger charge is -2.13. The highest BCUT2D eigenvalue weighted by atomic mass is 32.2. The molecular weight excluding hydrogens is 400 g/mol. The number of fused-ring (bicyclic) bond motifs is 1. The fourth-order valence-corrected chi connectivity index (χ4v) is 3.45. The van der Waals surface area contributed by atoms with Gasteiger partial charge in [-0.15, -0.1) is 0 Å². The van der Waals surface area contributed by atoms with E-state index < -0.39 is 6.09 Å². The Labute approximate surface area is 180 Å². The molecule has 1 heterocycles. The van der Waals surface area contributed by atoms with E-state index in [9.17, 15) is 4.79 Å². The molecule has 1 aromatic heterocycles. The van der Waals surface area contributed by atoms with Crippen LogP contribution in [0.1, 0.15) is 17.0 Å². The van der Waals surface area contributed by atoms with Crippen LogP contribution in [-0.2, 0) is 35.8 Å². The van der Waals surface area contributed by atoms with E-state index in [0.29, 0.717) is 19.9 Å². The van der Waals surface area contributed by atoms with Crippen molar-refractivity contribution in [3.63, 3.8) is 0 Å². The van der Waals surface area contributed by atoms with Crippen molar-refractivity contribution in [2.75, 3.05) is 25.2 Å². The molecule has 30 heavy (non-hydrogen) atoms. The number of carbonyl (C=O) groups excluding carboxylic acids is 1. The zero-order valence-electron chi connectivity index (χ0n) is 17.2. The highest BCUT2D eigenvalue weighted by Gasteiger charge is 2.15. The van der Waals surface area contributed by atoms with Crippen LogP contribution in [0.15, 0.2) is 48.5 Å². The van der Waals surface area contributed by atoms with E-state index in [0.717, 1.165) is 40.2 Å². The minimum absolute atomic E-state index is 0.224. The number of nitrogens with two attached hydrogens (primary N) is 1. The Morgan fingerprint density at radius 3 is 2.80 bits per heavy atom. The number of nitrogens with one attached hydrogen (secondary N) is 1. The van der Waals surface area contributed by atoms with Gasteiger partial charge in [0.25, 0.3) is 0 Å². The summed E-state index contributed by atoms with van der Waals surface area (Å²) in [7, 11) is 0. The third-order valence-corrected chi connectivity index (χ3v) is 5.17. The number of nitrogens with zero attached hydrogens (tertiary/aromatic N) is 2. The standard InChI is InChI=1S/C22H28N4O3S/c1-30-13-12-28-16-26-20(25-19-9-5-8-18(10-11-23)21(19)26)14-24-22(27)29-15-17-6-3-2-4-7-17/h2-9H,10-16,23H2,1H3,(H,24,27). The maximum absolute atomic E-state index is 12.2. The predicted octanol–water partition coefficient (Wildman–Crippen LogP) is 3.30. The second-order valence-electron chi connectivity index (χ2n) is 6.73. The van der Waals surface area contributed by atoms with Gasteiger partial charge in [0.2, 0.25) is 0 Å². The second-order valence-corrected chi connectivity index (χ2v) is 7.71. The van der Waals surface area contributed by atoms with Crippen molar-refractivity contribution in [1.82, 2.24) is 14.9 Å². The van der Waals surface area contributed by atoms with Gasteiger partial charge in [0.05, 0.1) is 24.2 Å². The van der Waals surface area contributed by atoms with Crippen molar-refractivity contribution >= 4 is 28.9 Å². The summed E-state index contributed by atoms with van der Waals surface area (Å²) in [5.41, 5.74) is 9.71. The maximum atomic E-state index is 12.2. The number of thioether (sulfide) groups is 1. The largest absolute Gasteiger partial charge is 0.445 e. The monoisotopic (exact) mass is 428 g/mol. The summed E-state index contributed by atoms with van der Waals surface area (Å²) in [5, 5.41) is 2.79. The van der Waals surface area contributed by atoms with Crippen LogP contribution in [0.25, 0.3) is 11.0 Å². The number of amides is 1. The molecule has 8 heteroatoms. The van der Waals surface area contributed by atoms with Gasteiger partial charge in [-0.1, -0.05) is 42.5 Å². The molecule has 0 spiro atoms. The number of hydrogen-bond acceptors (Lipinski definition) is 6. The lowest BCUT2D eigenvalue weighted by atomic mass is 10.1. The Hall–Kier alpha value is -2.55. The van der Waals surface area contributed by atoms with Crippen LogP contribution in [0, 0.1) is 0 Å². The van der Waals surface area contributed by atoms with Crippen LogP contribution in [0.3, 0.4) is 0 Å². The number of aromatic nitrogens is 2. The van der Waals surface area contributed by atoms with Crippen LogP contribution < -0.4 is 11.1 Å². The SMILES string of the molecule is CSCCOCn1c(CNC(=O)OCc2ccccc2)nc2cccc(CCN)c21. The molecule has 0 saturated carbocycles. The quantitative estimate of drug-likeness (QED) is 0.455. The summed E-state index contributed by atoms with van der Waals surface area (Å²) < 4.78 is 13.2. The van der Waals surface area contributed by atoms with Crippen LogP contribution in [-0.4, -0.2) is 40.8 Å². The molecule has 2 aromatic carbocycles. The molecule has 0 radical (unpaired) electrons. The summed E-state index contributed by atoms with van der Waals surface area (Å²) in [6, 6.07) is 15.6. The number of benzene rings is 2. The van der Waals surface area contributed by atoms with Gasteiger partial charge in [0, 0.05) is 5.75 Å². The third-order valence-electron chi connectivity index (χ3n) is 4.60. The Balaban J connectivity index is 1.71. The predicted molar refractivity (Wildman–Crippen MR) is 120 cm³/mol. The van der Waals surface area contributed by atoms with Gasteiger partial charge in [-0.2, -0.15) is 11.8 Å². The molecular formula is C22H28N4O3S. The van der Waals surface area contributed by atoms with Crippen molar-refractivity contribution in [2.24, 2.45) is 5.73 Å². The molecule has 0 unspecified atom stereocenters. The summed E-state index contributed by atoms with van der Waals surface area (Å²) in [4.78, 5) is 16.9. The average molecular weight is 429 g/mol. The van der Waals surface area contributed by atoms with Gasteiger partial charge in [-0.25, -0.2) is 9.78 Å². The van der Waals surface area contributed by atoms with Crippen LogP contribution >= 0.6 is 11.8 Å². The first-order chi connectivity index (χ1) is 14.7. The van der Waals surface area contributed by atoms with E-state index in [1.165, 1.54) is 0 Å².